The van der Waals surface area contributed by atoms with Crippen LogP contribution in [-0.2, 0) is 0 Å². The molecule has 9 nitrogen and oxygen atoms in total. The van der Waals surface area contributed by atoms with Gasteiger partial charge in [-0.3, -0.25) is 0 Å². The van der Waals surface area contributed by atoms with E-state index < -0.39 is 11.9 Å². The Bertz CT molecular complexity index is 1150. The van der Waals surface area contributed by atoms with Crippen molar-refractivity contribution in [1.82, 2.24) is 20.2 Å². The fourth-order valence-electron chi connectivity index (χ4n) is 2.62. The normalized spacial score (nSPS) is 11.1. The molecule has 4 aromatic rings. The number of hydrogen-bond acceptors (Lipinski definition) is 9. The van der Waals surface area contributed by atoms with Crippen molar-refractivity contribution in [3.63, 3.8) is 0 Å². The number of thiazole rings is 1. The van der Waals surface area contributed by atoms with Crippen LogP contribution in [0.2, 0.25) is 0 Å². The molecule has 0 saturated heterocycles. The quantitative estimate of drug-likeness (QED) is 0.443. The Morgan fingerprint density at radius 3 is 2.82 bits per heavy atom. The lowest BCUT2D eigenvalue weighted by molar-refractivity contribution is 0.0654. The highest BCUT2D eigenvalue weighted by Crippen LogP contribution is 2.31. The average molecular weight is 396 g/mol. The maximum atomic E-state index is 11.0. The lowest BCUT2D eigenvalue weighted by Crippen LogP contribution is -2.11. The van der Waals surface area contributed by atoms with Crippen molar-refractivity contribution in [3.8, 4) is 11.5 Å². The molecule has 4 rings (SSSR count). The molecule has 0 aliphatic carbocycles. The first-order chi connectivity index (χ1) is 13.5. The molecule has 10 heteroatoms. The third-order valence-corrected chi connectivity index (χ3v) is 4.58. The van der Waals surface area contributed by atoms with E-state index >= 15 is 0 Å². The Hall–Kier alpha value is -3.53. The molecule has 28 heavy (non-hydrogen) atoms. The van der Waals surface area contributed by atoms with E-state index in [0.29, 0.717) is 17.1 Å². The van der Waals surface area contributed by atoms with E-state index in [0.717, 1.165) is 15.9 Å². The summed E-state index contributed by atoms with van der Waals surface area (Å²) in [7, 11) is 0. The van der Waals surface area contributed by atoms with Crippen molar-refractivity contribution in [2.75, 3.05) is 10.6 Å². The summed E-state index contributed by atoms with van der Waals surface area (Å²) in [4.78, 5) is 19.7. The molecule has 0 bridgehead atoms. The predicted octanol–water partition coefficient (Wildman–Crippen LogP) is 4.00. The number of carboxylic acid groups (broad SMARTS) is 1. The van der Waals surface area contributed by atoms with Gasteiger partial charge >= 0.3 is 11.9 Å². The summed E-state index contributed by atoms with van der Waals surface area (Å²) in [6.45, 7) is 3.98. The summed E-state index contributed by atoms with van der Waals surface area (Å²) in [6.07, 6.45) is 1.57. The van der Waals surface area contributed by atoms with Gasteiger partial charge in [-0.25, -0.2) is 14.8 Å². The van der Waals surface area contributed by atoms with Gasteiger partial charge in [0.05, 0.1) is 27.0 Å². The van der Waals surface area contributed by atoms with E-state index in [9.17, 15) is 4.79 Å². The molecule has 1 aromatic carbocycles. The van der Waals surface area contributed by atoms with Crippen molar-refractivity contribution in [2.45, 2.75) is 19.9 Å². The molecule has 0 radical (unpaired) electrons. The molecule has 0 amide bonds. The van der Waals surface area contributed by atoms with Crippen LogP contribution < -0.4 is 10.6 Å². The van der Waals surface area contributed by atoms with E-state index in [-0.39, 0.29) is 11.9 Å². The number of rotatable bonds is 6. The Balaban J connectivity index is 1.67. The first-order valence-electron chi connectivity index (χ1n) is 8.43. The molecule has 0 unspecified atom stereocenters. The largest absolute Gasteiger partial charge is 0.474 e. The first-order valence-corrected chi connectivity index (χ1v) is 9.31. The summed E-state index contributed by atoms with van der Waals surface area (Å²) in [5.41, 5.74) is 4.87. The van der Waals surface area contributed by atoms with E-state index in [1.54, 1.807) is 17.5 Å². The van der Waals surface area contributed by atoms with Crippen LogP contribution in [0.4, 0.5) is 17.2 Å². The summed E-state index contributed by atoms with van der Waals surface area (Å²) in [5.74, 6) is -1.04. The number of aromatic nitrogens is 4. The molecular formula is C18H16N6O3S. The number of fused-ring (bicyclic) bond motifs is 1. The fourth-order valence-corrected chi connectivity index (χ4v) is 3.34. The number of nitrogens with zero attached hydrogens (tertiary/aromatic N) is 4. The van der Waals surface area contributed by atoms with E-state index in [1.807, 2.05) is 43.6 Å². The van der Waals surface area contributed by atoms with Gasteiger partial charge in [0, 0.05) is 24.0 Å². The highest BCUT2D eigenvalue weighted by atomic mass is 32.1. The van der Waals surface area contributed by atoms with Gasteiger partial charge < -0.3 is 20.2 Å². The predicted molar refractivity (Wildman–Crippen MR) is 106 cm³/mol. The average Bonchev–Trinajstić information content (AvgIpc) is 3.30. The lowest BCUT2D eigenvalue weighted by atomic mass is 10.2. The number of nitrogens with one attached hydrogen (secondary N) is 2. The number of hydrogen-bond donors (Lipinski definition) is 3. The van der Waals surface area contributed by atoms with E-state index in [2.05, 4.69) is 30.8 Å². The molecule has 3 aromatic heterocycles. The first kappa shape index (κ1) is 17.9. The zero-order valence-corrected chi connectivity index (χ0v) is 15.8. The molecule has 142 valence electrons. The van der Waals surface area contributed by atoms with E-state index in [4.69, 9.17) is 9.52 Å². The zero-order valence-electron chi connectivity index (χ0n) is 15.0. The Labute approximate surface area is 163 Å². The van der Waals surface area contributed by atoms with Crippen LogP contribution in [-0.4, -0.2) is 37.3 Å². The molecular weight excluding hydrogens is 380 g/mol. The minimum atomic E-state index is -1.28. The van der Waals surface area contributed by atoms with Crippen LogP contribution in [0, 0.1) is 0 Å². The van der Waals surface area contributed by atoms with Crippen LogP contribution >= 0.6 is 11.3 Å². The van der Waals surface area contributed by atoms with Crippen molar-refractivity contribution >= 4 is 44.7 Å². The molecule has 3 heterocycles. The number of aromatic carboxylic acids is 1. The maximum absolute atomic E-state index is 11.0. The third kappa shape index (κ3) is 3.62. The van der Waals surface area contributed by atoms with Crippen LogP contribution in [0.3, 0.4) is 0 Å². The SMILES string of the molecule is CC(C)Nc1cc(Nc2ccc3ncsc3c2)ncc1-c1nnc(C(=O)O)o1. The molecule has 0 saturated carbocycles. The van der Waals surface area contributed by atoms with Crippen LogP contribution in [0.25, 0.3) is 21.7 Å². The standard InChI is InChI=1S/C18H16N6O3S/c1-9(2)21-13-6-15(22-10-3-4-12-14(5-10)28-8-20-12)19-7-11(13)16-23-24-17(27-16)18(25)26/h3-9H,1-2H3,(H,25,26)(H2,19,21,22). The van der Waals surface area contributed by atoms with Crippen molar-refractivity contribution in [3.05, 3.63) is 41.9 Å². The second-order valence-electron chi connectivity index (χ2n) is 6.29. The monoisotopic (exact) mass is 396 g/mol. The number of carboxylic acids is 1. The molecule has 0 fully saturated rings. The Morgan fingerprint density at radius 2 is 2.07 bits per heavy atom. The second kappa shape index (κ2) is 7.24. The number of pyridine rings is 1. The zero-order chi connectivity index (χ0) is 19.7. The molecule has 3 N–H and O–H groups in total. The highest BCUT2D eigenvalue weighted by molar-refractivity contribution is 7.16. The maximum Gasteiger partial charge on any atom is 0.393 e. The van der Waals surface area contributed by atoms with Gasteiger partial charge in [0.25, 0.3) is 5.89 Å². The molecule has 0 atom stereocenters. The smallest absolute Gasteiger partial charge is 0.393 e. The fraction of sp³-hybridized carbons (Fsp3) is 0.167. The van der Waals surface area contributed by atoms with Crippen molar-refractivity contribution < 1.29 is 14.3 Å². The highest BCUT2D eigenvalue weighted by Gasteiger charge is 2.18. The summed E-state index contributed by atoms with van der Waals surface area (Å²) in [5, 5.41) is 22.9. The van der Waals surface area contributed by atoms with Crippen LogP contribution in [0.1, 0.15) is 24.5 Å². The minimum absolute atomic E-state index is 0.0886. The Morgan fingerprint density at radius 1 is 1.21 bits per heavy atom. The van der Waals surface area contributed by atoms with Crippen molar-refractivity contribution in [1.29, 1.82) is 0 Å². The van der Waals surface area contributed by atoms with Crippen LogP contribution in [0.5, 0.6) is 0 Å². The van der Waals surface area contributed by atoms with Gasteiger partial charge in [0.15, 0.2) is 0 Å². The summed E-state index contributed by atoms with van der Waals surface area (Å²) >= 11 is 1.57. The van der Waals surface area contributed by atoms with Gasteiger partial charge in [-0.15, -0.1) is 21.5 Å². The third-order valence-electron chi connectivity index (χ3n) is 3.79. The van der Waals surface area contributed by atoms with Gasteiger partial charge in [0.2, 0.25) is 0 Å². The molecule has 0 aliphatic heterocycles. The molecule has 0 aliphatic rings. The topological polar surface area (TPSA) is 126 Å². The summed E-state index contributed by atoms with van der Waals surface area (Å²) in [6, 6.07) is 7.84. The summed E-state index contributed by atoms with van der Waals surface area (Å²) < 4.78 is 6.30. The molecule has 0 spiro atoms. The minimum Gasteiger partial charge on any atom is -0.474 e. The lowest BCUT2D eigenvalue weighted by Gasteiger charge is -2.15. The van der Waals surface area contributed by atoms with Gasteiger partial charge in [-0.05, 0) is 32.0 Å². The Kier molecular flexibility index (Phi) is 4.62. The number of carbonyl (C=O) groups is 1. The number of anilines is 3. The van der Waals surface area contributed by atoms with Crippen molar-refractivity contribution in [2.24, 2.45) is 0 Å². The van der Waals surface area contributed by atoms with Crippen LogP contribution in [0.15, 0.2) is 40.4 Å². The van der Waals surface area contributed by atoms with Gasteiger partial charge in [-0.1, -0.05) is 0 Å². The number of benzene rings is 1. The van der Waals surface area contributed by atoms with Gasteiger partial charge in [-0.2, -0.15) is 0 Å². The van der Waals surface area contributed by atoms with Gasteiger partial charge in [0.1, 0.15) is 5.82 Å². The second-order valence-corrected chi connectivity index (χ2v) is 7.18. The van der Waals surface area contributed by atoms with E-state index in [1.165, 1.54) is 0 Å².